The fraction of sp³-hybridized carbons (Fsp3) is 0.111. The van der Waals surface area contributed by atoms with Gasteiger partial charge in [0, 0.05) is 5.38 Å². The molecule has 6 heteroatoms. The van der Waals surface area contributed by atoms with Crippen LogP contribution >= 0.6 is 27.3 Å². The molecule has 0 fully saturated rings. The minimum absolute atomic E-state index is 0.524. The predicted molar refractivity (Wildman–Crippen MR) is 103 cm³/mol. The van der Waals surface area contributed by atoms with E-state index >= 15 is 0 Å². The summed E-state index contributed by atoms with van der Waals surface area (Å²) in [6.07, 6.45) is 1.75. The third-order valence-electron chi connectivity index (χ3n) is 3.19. The van der Waals surface area contributed by atoms with Gasteiger partial charge in [-0.25, -0.2) is 4.98 Å². The number of hydrogen-bond acceptors (Lipinski definition) is 5. The van der Waals surface area contributed by atoms with Crippen LogP contribution < -0.4 is 10.2 Å². The van der Waals surface area contributed by atoms with Gasteiger partial charge in [0.25, 0.3) is 0 Å². The molecule has 0 saturated heterocycles. The molecule has 0 atom stereocenters. The molecule has 0 radical (unpaired) electrons. The van der Waals surface area contributed by atoms with E-state index in [0.717, 1.165) is 32.2 Å². The van der Waals surface area contributed by atoms with Crippen molar-refractivity contribution >= 4 is 38.6 Å². The summed E-state index contributed by atoms with van der Waals surface area (Å²) in [5.41, 5.74) is 5.99. The molecule has 122 valence electrons. The topological polar surface area (TPSA) is 46.5 Å². The van der Waals surface area contributed by atoms with Crippen molar-refractivity contribution in [3.8, 4) is 5.75 Å². The molecular weight excluding hydrogens is 386 g/mol. The first-order chi connectivity index (χ1) is 11.7. The number of hydrazone groups is 1. The lowest BCUT2D eigenvalue weighted by Gasteiger charge is -2.09. The lowest BCUT2D eigenvalue weighted by molar-refractivity contribution is 0.304. The zero-order valence-electron chi connectivity index (χ0n) is 13.1. The summed E-state index contributed by atoms with van der Waals surface area (Å²) in [5, 5.41) is 6.97. The molecule has 0 aliphatic carbocycles. The fourth-order valence-electron chi connectivity index (χ4n) is 2.01. The molecule has 24 heavy (non-hydrogen) atoms. The number of ether oxygens (including phenoxy) is 1. The summed E-state index contributed by atoms with van der Waals surface area (Å²) in [7, 11) is 0. The van der Waals surface area contributed by atoms with E-state index in [4.69, 9.17) is 4.74 Å². The first-order valence-electron chi connectivity index (χ1n) is 7.38. The maximum atomic E-state index is 5.89. The molecule has 4 nitrogen and oxygen atoms in total. The number of nitrogens with zero attached hydrogens (tertiary/aromatic N) is 2. The van der Waals surface area contributed by atoms with Crippen molar-refractivity contribution in [1.82, 2.24) is 4.98 Å². The summed E-state index contributed by atoms with van der Waals surface area (Å²) in [6.45, 7) is 2.48. The summed E-state index contributed by atoms with van der Waals surface area (Å²) in [4.78, 5) is 4.30. The minimum atomic E-state index is 0.524. The maximum absolute atomic E-state index is 5.89. The minimum Gasteiger partial charge on any atom is -0.488 e. The number of nitrogens with one attached hydrogen (secondary N) is 1. The van der Waals surface area contributed by atoms with Crippen LogP contribution in [0.3, 0.4) is 0 Å². The van der Waals surface area contributed by atoms with Crippen molar-refractivity contribution in [2.75, 3.05) is 5.43 Å². The summed E-state index contributed by atoms with van der Waals surface area (Å²) < 4.78 is 6.81. The molecule has 0 unspecified atom stereocenters. The van der Waals surface area contributed by atoms with Crippen LogP contribution in [0.5, 0.6) is 5.75 Å². The zero-order valence-corrected chi connectivity index (χ0v) is 15.5. The summed E-state index contributed by atoms with van der Waals surface area (Å²) >= 11 is 5.05. The highest BCUT2D eigenvalue weighted by molar-refractivity contribution is 9.10. The van der Waals surface area contributed by atoms with Crippen LogP contribution in [-0.2, 0) is 6.61 Å². The number of benzene rings is 2. The van der Waals surface area contributed by atoms with Crippen molar-refractivity contribution in [3.63, 3.8) is 0 Å². The van der Waals surface area contributed by atoms with Gasteiger partial charge in [-0.3, -0.25) is 5.43 Å². The van der Waals surface area contributed by atoms with Crippen LogP contribution in [0.25, 0.3) is 0 Å². The molecule has 0 aliphatic heterocycles. The highest BCUT2D eigenvalue weighted by Crippen LogP contribution is 2.26. The SMILES string of the molecule is Cc1csc(NN=Cc2ccc(Br)c(OCc3ccccc3)c2)n1. The largest absolute Gasteiger partial charge is 0.488 e. The van der Waals surface area contributed by atoms with Crippen LogP contribution in [0.1, 0.15) is 16.8 Å². The molecular formula is C18H16BrN3OS. The molecule has 2 aromatic carbocycles. The highest BCUT2D eigenvalue weighted by Gasteiger charge is 2.03. The number of thiazole rings is 1. The normalized spacial score (nSPS) is 10.9. The first kappa shape index (κ1) is 16.7. The van der Waals surface area contributed by atoms with Crippen molar-refractivity contribution in [3.05, 3.63) is 75.2 Å². The second kappa shape index (κ2) is 8.08. The summed E-state index contributed by atoms with van der Waals surface area (Å²) in [5.74, 6) is 0.785. The number of aromatic nitrogens is 1. The Kier molecular flexibility index (Phi) is 5.61. The van der Waals surface area contributed by atoms with Crippen LogP contribution in [0.4, 0.5) is 5.13 Å². The van der Waals surface area contributed by atoms with E-state index < -0.39 is 0 Å². The fourth-order valence-corrected chi connectivity index (χ4v) is 3.01. The second-order valence-electron chi connectivity index (χ2n) is 5.13. The van der Waals surface area contributed by atoms with Gasteiger partial charge in [-0.15, -0.1) is 11.3 Å². The van der Waals surface area contributed by atoms with Gasteiger partial charge in [-0.2, -0.15) is 5.10 Å². The Balaban J connectivity index is 1.64. The Hall–Kier alpha value is -2.18. The maximum Gasteiger partial charge on any atom is 0.203 e. The zero-order chi connectivity index (χ0) is 16.8. The predicted octanol–water partition coefficient (Wildman–Crippen LogP) is 5.24. The molecule has 0 spiro atoms. The monoisotopic (exact) mass is 401 g/mol. The number of rotatable bonds is 6. The van der Waals surface area contributed by atoms with Crippen molar-refractivity contribution in [2.24, 2.45) is 5.10 Å². The van der Waals surface area contributed by atoms with Gasteiger partial charge in [0.05, 0.1) is 16.4 Å². The Morgan fingerprint density at radius 1 is 1.25 bits per heavy atom. The molecule has 0 saturated carbocycles. The van der Waals surface area contributed by atoms with Crippen molar-refractivity contribution < 1.29 is 4.74 Å². The van der Waals surface area contributed by atoms with Gasteiger partial charge < -0.3 is 4.74 Å². The van der Waals surface area contributed by atoms with Gasteiger partial charge in [0.1, 0.15) is 12.4 Å². The van der Waals surface area contributed by atoms with Crippen LogP contribution in [0.2, 0.25) is 0 Å². The van der Waals surface area contributed by atoms with E-state index in [1.807, 2.05) is 60.8 Å². The molecule has 1 heterocycles. The lowest BCUT2D eigenvalue weighted by atomic mass is 10.2. The van der Waals surface area contributed by atoms with Gasteiger partial charge in [-0.05, 0) is 46.1 Å². The highest BCUT2D eigenvalue weighted by atomic mass is 79.9. The van der Waals surface area contributed by atoms with E-state index in [-0.39, 0.29) is 0 Å². The molecule has 3 aromatic rings. The second-order valence-corrected chi connectivity index (χ2v) is 6.84. The van der Waals surface area contributed by atoms with Crippen molar-refractivity contribution in [2.45, 2.75) is 13.5 Å². The van der Waals surface area contributed by atoms with E-state index in [1.54, 1.807) is 6.21 Å². The standard InChI is InChI=1S/C18H16BrN3OS/c1-13-12-24-18(21-13)22-20-10-15-7-8-16(19)17(9-15)23-11-14-5-3-2-4-6-14/h2-10,12H,11H2,1H3,(H,21,22). The Morgan fingerprint density at radius 3 is 2.83 bits per heavy atom. The molecule has 0 amide bonds. The smallest absolute Gasteiger partial charge is 0.203 e. The molecule has 1 aromatic heterocycles. The van der Waals surface area contributed by atoms with E-state index in [0.29, 0.717) is 6.61 Å². The average Bonchev–Trinajstić information content (AvgIpc) is 3.01. The number of halogens is 1. The van der Waals surface area contributed by atoms with E-state index in [9.17, 15) is 0 Å². The quantitative estimate of drug-likeness (QED) is 0.453. The first-order valence-corrected chi connectivity index (χ1v) is 9.05. The van der Waals surface area contributed by atoms with Crippen molar-refractivity contribution in [1.29, 1.82) is 0 Å². The van der Waals surface area contributed by atoms with E-state index in [1.165, 1.54) is 11.3 Å². The summed E-state index contributed by atoms with van der Waals surface area (Å²) in [6, 6.07) is 16.0. The Morgan fingerprint density at radius 2 is 2.08 bits per heavy atom. The van der Waals surface area contributed by atoms with Gasteiger partial charge >= 0.3 is 0 Å². The Bertz CT molecular complexity index is 833. The molecule has 3 rings (SSSR count). The van der Waals surface area contributed by atoms with E-state index in [2.05, 4.69) is 31.4 Å². The lowest BCUT2D eigenvalue weighted by Crippen LogP contribution is -1.97. The third kappa shape index (κ3) is 4.66. The van der Waals surface area contributed by atoms with Crippen LogP contribution in [-0.4, -0.2) is 11.2 Å². The third-order valence-corrected chi connectivity index (χ3v) is 4.71. The van der Waals surface area contributed by atoms with Crippen LogP contribution in [0.15, 0.2) is 63.5 Å². The van der Waals surface area contributed by atoms with Gasteiger partial charge in [0.15, 0.2) is 0 Å². The average molecular weight is 402 g/mol. The van der Waals surface area contributed by atoms with Crippen LogP contribution in [0, 0.1) is 6.92 Å². The number of aryl methyl sites for hydroxylation is 1. The Labute approximate surface area is 153 Å². The molecule has 0 bridgehead atoms. The number of hydrogen-bond donors (Lipinski definition) is 1. The molecule has 1 N–H and O–H groups in total. The molecule has 0 aliphatic rings. The van der Waals surface area contributed by atoms with Gasteiger partial charge in [-0.1, -0.05) is 36.4 Å². The van der Waals surface area contributed by atoms with Gasteiger partial charge in [0.2, 0.25) is 5.13 Å². The number of anilines is 1.